The Hall–Kier alpha value is -1.17. The van der Waals surface area contributed by atoms with Crippen LogP contribution in [0, 0.1) is 0 Å². The van der Waals surface area contributed by atoms with E-state index < -0.39 is 8.11 Å². The Labute approximate surface area is 146 Å². The molecule has 0 N–H and O–H groups in total. The highest BCUT2D eigenvalue weighted by Gasteiger charge is 2.39. The van der Waals surface area contributed by atoms with Crippen molar-refractivity contribution in [3.63, 3.8) is 0 Å². The lowest BCUT2D eigenvalue weighted by molar-refractivity contribution is 0.0852. The van der Waals surface area contributed by atoms with Crippen LogP contribution in [-0.2, 0) is 13.3 Å². The minimum atomic E-state index is -3.14. The number of hydrogen-bond donors (Lipinski definition) is 0. The Kier molecular flexibility index (Phi) is 14.9. The predicted molar refractivity (Wildman–Crippen MR) is 101 cm³/mol. The number of halogens is 1. The Morgan fingerprint density at radius 3 is 1.22 bits per heavy atom. The van der Waals surface area contributed by atoms with Gasteiger partial charge >= 0.3 is 8.11 Å². The van der Waals surface area contributed by atoms with Crippen molar-refractivity contribution in [2.24, 2.45) is 0 Å². The van der Waals surface area contributed by atoms with Crippen LogP contribution >= 0.6 is 11.1 Å². The molecule has 0 aliphatic carbocycles. The van der Waals surface area contributed by atoms with Crippen molar-refractivity contribution in [1.29, 1.82) is 0 Å². The molecule has 0 aliphatic rings. The molecule has 23 heavy (non-hydrogen) atoms. The molecular weight excluding hydrogens is 328 g/mol. The summed E-state index contributed by atoms with van der Waals surface area (Å²) in [5, 5.41) is 0. The second kappa shape index (κ2) is 15.7. The molecular formula is C18H27ClO3Si. The number of hydrogen-bond acceptors (Lipinski definition) is 3. The summed E-state index contributed by atoms with van der Waals surface area (Å²) in [4.78, 5) is 0. The molecule has 0 aliphatic heterocycles. The first-order valence-corrected chi connectivity index (χ1v) is 10.4. The zero-order chi connectivity index (χ0) is 17.2. The highest BCUT2D eigenvalue weighted by Crippen LogP contribution is 2.17. The lowest BCUT2D eigenvalue weighted by Crippen LogP contribution is -2.41. The quantitative estimate of drug-likeness (QED) is 0.177. The zero-order valence-electron chi connectivity index (χ0n) is 13.7. The summed E-state index contributed by atoms with van der Waals surface area (Å²) < 4.78 is 17.0. The molecule has 0 fully saturated rings. The highest BCUT2D eigenvalue weighted by atomic mass is 35.6. The number of allylic oxidation sites excluding steroid dienone is 6. The molecule has 0 saturated carbocycles. The van der Waals surface area contributed by atoms with Crippen molar-refractivity contribution in [3.05, 3.63) is 74.4 Å². The fraction of sp³-hybridized carbons (Fsp3) is 0.333. The van der Waals surface area contributed by atoms with Gasteiger partial charge in [0.05, 0.1) is 0 Å². The van der Waals surface area contributed by atoms with Gasteiger partial charge in [-0.25, -0.2) is 0 Å². The van der Waals surface area contributed by atoms with Crippen molar-refractivity contribution < 1.29 is 13.3 Å². The summed E-state index contributed by atoms with van der Waals surface area (Å²) in [6, 6.07) is 0. The average Bonchev–Trinajstić information content (AvgIpc) is 2.54. The fourth-order valence-corrected chi connectivity index (χ4v) is 3.48. The normalized spacial score (nSPS) is 14.5. The van der Waals surface area contributed by atoms with E-state index in [-0.39, 0.29) is 0 Å². The van der Waals surface area contributed by atoms with E-state index in [0.717, 1.165) is 19.3 Å². The molecule has 0 saturated heterocycles. The summed E-state index contributed by atoms with van der Waals surface area (Å²) in [5.74, 6) is 0. The second-order valence-corrected chi connectivity index (χ2v) is 7.60. The van der Waals surface area contributed by atoms with Gasteiger partial charge in [0.25, 0.3) is 0 Å². The van der Waals surface area contributed by atoms with Gasteiger partial charge in [0.2, 0.25) is 0 Å². The average molecular weight is 355 g/mol. The highest BCUT2D eigenvalue weighted by molar-refractivity contribution is 7.09. The molecule has 3 nitrogen and oxygen atoms in total. The molecule has 128 valence electrons. The molecule has 0 amide bonds. The lowest BCUT2D eigenvalue weighted by atomic mass is 10.4. The largest absolute Gasteiger partial charge is 0.613 e. The maximum absolute atomic E-state index is 6.42. The molecule has 0 atom stereocenters. The van der Waals surface area contributed by atoms with E-state index in [2.05, 4.69) is 19.7 Å². The van der Waals surface area contributed by atoms with Crippen LogP contribution in [0.5, 0.6) is 0 Å². The van der Waals surface area contributed by atoms with E-state index in [1.807, 2.05) is 36.5 Å². The summed E-state index contributed by atoms with van der Waals surface area (Å²) in [6.45, 7) is 12.2. The third kappa shape index (κ3) is 14.2. The molecule has 0 heterocycles. The third-order valence-electron chi connectivity index (χ3n) is 2.49. The first kappa shape index (κ1) is 21.8. The van der Waals surface area contributed by atoms with E-state index >= 15 is 0 Å². The first-order valence-electron chi connectivity index (χ1n) is 7.62. The van der Waals surface area contributed by atoms with Gasteiger partial charge in [-0.05, 0) is 19.3 Å². The fourth-order valence-electron chi connectivity index (χ4n) is 1.45. The van der Waals surface area contributed by atoms with Gasteiger partial charge in [-0.2, -0.15) is 0 Å². The van der Waals surface area contributed by atoms with Gasteiger partial charge in [-0.1, -0.05) is 85.5 Å². The van der Waals surface area contributed by atoms with Crippen molar-refractivity contribution >= 4 is 19.2 Å². The van der Waals surface area contributed by atoms with Crippen LogP contribution in [0.25, 0.3) is 0 Å². The van der Waals surface area contributed by atoms with Gasteiger partial charge in [0.1, 0.15) is 0 Å². The van der Waals surface area contributed by atoms with E-state index in [1.165, 1.54) is 0 Å². The topological polar surface area (TPSA) is 27.7 Å². The maximum Gasteiger partial charge on any atom is 0.613 e. The van der Waals surface area contributed by atoms with Crippen molar-refractivity contribution in [2.45, 2.75) is 19.3 Å². The molecule has 5 heteroatoms. The molecule has 0 bridgehead atoms. The molecule has 0 unspecified atom stereocenters. The Bertz CT molecular complexity index is 357. The molecule has 0 aromatic heterocycles. The standard InChI is InChI=1S/C18H27ClO3Si/c1-4-7-10-13-16-20-23(19,21-17-14-11-8-5-2)22-18-15-12-9-6-3/h4-12H,1-3,13-18H2. The smallest absolute Gasteiger partial charge is 0.361 e. The van der Waals surface area contributed by atoms with E-state index in [9.17, 15) is 0 Å². The van der Waals surface area contributed by atoms with Crippen LogP contribution in [0.4, 0.5) is 0 Å². The van der Waals surface area contributed by atoms with Gasteiger partial charge < -0.3 is 13.3 Å². The summed E-state index contributed by atoms with van der Waals surface area (Å²) >= 11 is 6.42. The Morgan fingerprint density at radius 2 is 0.957 bits per heavy atom. The lowest BCUT2D eigenvalue weighted by Gasteiger charge is -2.22. The molecule has 0 aromatic carbocycles. The minimum absolute atomic E-state index is 0.449. The summed E-state index contributed by atoms with van der Waals surface area (Å²) in [6.07, 6.45) is 18.8. The maximum atomic E-state index is 6.42. The first-order chi connectivity index (χ1) is 11.2. The molecule has 0 spiro atoms. The second-order valence-electron chi connectivity index (χ2n) is 4.38. The van der Waals surface area contributed by atoms with Crippen LogP contribution in [0.2, 0.25) is 0 Å². The van der Waals surface area contributed by atoms with Crippen LogP contribution in [0.15, 0.2) is 74.4 Å². The van der Waals surface area contributed by atoms with Crippen LogP contribution < -0.4 is 0 Å². The zero-order valence-corrected chi connectivity index (χ0v) is 15.4. The third-order valence-corrected chi connectivity index (χ3v) is 5.12. The molecule has 0 radical (unpaired) electrons. The van der Waals surface area contributed by atoms with Gasteiger partial charge in [0.15, 0.2) is 0 Å². The van der Waals surface area contributed by atoms with E-state index in [0.29, 0.717) is 19.8 Å². The van der Waals surface area contributed by atoms with Crippen LogP contribution in [-0.4, -0.2) is 27.9 Å². The van der Waals surface area contributed by atoms with Crippen molar-refractivity contribution in [2.75, 3.05) is 19.8 Å². The molecule has 0 rings (SSSR count). The van der Waals surface area contributed by atoms with E-state index in [4.69, 9.17) is 24.4 Å². The van der Waals surface area contributed by atoms with Crippen LogP contribution in [0.3, 0.4) is 0 Å². The van der Waals surface area contributed by atoms with Gasteiger partial charge in [-0.15, -0.1) is 0 Å². The van der Waals surface area contributed by atoms with Crippen LogP contribution in [0.1, 0.15) is 19.3 Å². The summed E-state index contributed by atoms with van der Waals surface area (Å²) in [7, 11) is -3.14. The predicted octanol–water partition coefficient (Wildman–Crippen LogP) is 5.11. The Balaban J connectivity index is 4.30. The Morgan fingerprint density at radius 1 is 0.652 bits per heavy atom. The van der Waals surface area contributed by atoms with Gasteiger partial charge in [-0.3, -0.25) is 0 Å². The van der Waals surface area contributed by atoms with Crippen molar-refractivity contribution in [1.82, 2.24) is 0 Å². The monoisotopic (exact) mass is 354 g/mol. The SMILES string of the molecule is C=CC=CCCO[Si](Cl)(OCCC=CC=C)OCCC=CC=C. The van der Waals surface area contributed by atoms with E-state index in [1.54, 1.807) is 18.2 Å². The molecule has 0 aromatic rings. The van der Waals surface area contributed by atoms with Crippen molar-refractivity contribution in [3.8, 4) is 0 Å². The minimum Gasteiger partial charge on any atom is -0.361 e. The number of rotatable bonds is 15. The van der Waals surface area contributed by atoms with Gasteiger partial charge in [0, 0.05) is 19.8 Å². The summed E-state index contributed by atoms with van der Waals surface area (Å²) in [5.41, 5.74) is 0.